The number of aromatic amines is 1. The Morgan fingerprint density at radius 1 is 1.30 bits per heavy atom. The summed E-state index contributed by atoms with van der Waals surface area (Å²) in [5, 5.41) is 8.20. The molecule has 0 saturated heterocycles. The molecule has 3 aromatic heterocycles. The molecule has 0 saturated carbocycles. The molecule has 1 unspecified atom stereocenters. The van der Waals surface area contributed by atoms with Gasteiger partial charge in [-0.15, -0.1) is 0 Å². The fourth-order valence-corrected chi connectivity index (χ4v) is 3.83. The highest BCUT2D eigenvalue weighted by atomic mass is 16.5. The highest BCUT2D eigenvalue weighted by Gasteiger charge is 2.36. The van der Waals surface area contributed by atoms with Crippen LogP contribution in [-0.2, 0) is 13.5 Å². The van der Waals surface area contributed by atoms with E-state index in [-0.39, 0.29) is 17.7 Å². The van der Waals surface area contributed by atoms with Crippen molar-refractivity contribution in [2.75, 3.05) is 13.7 Å². The van der Waals surface area contributed by atoms with E-state index in [0.29, 0.717) is 18.7 Å². The van der Waals surface area contributed by atoms with Crippen LogP contribution in [0.25, 0.3) is 11.3 Å². The van der Waals surface area contributed by atoms with Gasteiger partial charge in [-0.25, -0.2) is 4.98 Å². The van der Waals surface area contributed by atoms with Gasteiger partial charge in [0.25, 0.3) is 5.91 Å². The number of methoxy groups -OCH3 is 1. The van der Waals surface area contributed by atoms with Crippen LogP contribution in [0.4, 0.5) is 0 Å². The van der Waals surface area contributed by atoms with Crippen LogP contribution in [0.1, 0.15) is 33.5 Å². The van der Waals surface area contributed by atoms with Gasteiger partial charge in [-0.3, -0.25) is 9.48 Å². The van der Waals surface area contributed by atoms with Crippen LogP contribution in [0.15, 0.2) is 53.6 Å². The lowest BCUT2D eigenvalue weighted by atomic mass is 9.95. The van der Waals surface area contributed by atoms with Crippen molar-refractivity contribution < 1.29 is 14.1 Å². The number of aromatic nitrogens is 5. The maximum atomic E-state index is 13.4. The number of imidazole rings is 1. The van der Waals surface area contributed by atoms with E-state index in [0.717, 1.165) is 28.3 Å². The monoisotopic (exact) mass is 404 g/mol. The average Bonchev–Trinajstić information content (AvgIpc) is 3.52. The molecule has 152 valence electrons. The summed E-state index contributed by atoms with van der Waals surface area (Å²) in [5.74, 6) is 0.712. The van der Waals surface area contributed by atoms with Gasteiger partial charge in [-0.2, -0.15) is 5.10 Å². The predicted molar refractivity (Wildman–Crippen MR) is 107 cm³/mol. The zero-order chi connectivity index (χ0) is 20.7. The van der Waals surface area contributed by atoms with Crippen molar-refractivity contribution in [1.82, 2.24) is 29.8 Å². The molecule has 1 N–H and O–H groups in total. The Bertz CT molecular complexity index is 1190. The summed E-state index contributed by atoms with van der Waals surface area (Å²) < 4.78 is 12.4. The van der Waals surface area contributed by atoms with Gasteiger partial charge in [0.1, 0.15) is 17.5 Å². The Balaban J connectivity index is 1.50. The van der Waals surface area contributed by atoms with Gasteiger partial charge in [0.15, 0.2) is 0 Å². The Morgan fingerprint density at radius 2 is 2.13 bits per heavy atom. The third-order valence-electron chi connectivity index (χ3n) is 5.34. The van der Waals surface area contributed by atoms with Gasteiger partial charge in [0.2, 0.25) is 5.76 Å². The second kappa shape index (κ2) is 7.18. The lowest BCUT2D eigenvalue weighted by Crippen LogP contribution is -2.40. The summed E-state index contributed by atoms with van der Waals surface area (Å²) in [6.45, 7) is 0.535. The normalized spacial score (nSPS) is 15.8. The number of nitrogens with zero attached hydrogens (tertiary/aromatic N) is 5. The molecule has 4 aromatic rings. The van der Waals surface area contributed by atoms with Crippen LogP contribution in [0.2, 0.25) is 0 Å². The summed E-state index contributed by atoms with van der Waals surface area (Å²) in [5.41, 5.74) is 4.19. The number of rotatable bonds is 4. The predicted octanol–water partition coefficient (Wildman–Crippen LogP) is 2.59. The van der Waals surface area contributed by atoms with Crippen molar-refractivity contribution in [3.63, 3.8) is 0 Å². The first kappa shape index (κ1) is 18.2. The molecule has 0 aliphatic carbocycles. The number of carbonyl (C=O) groups excluding carboxylic acids is 1. The number of hydrogen-bond donors (Lipinski definition) is 1. The number of carbonyl (C=O) groups is 1. The van der Waals surface area contributed by atoms with Crippen LogP contribution in [0.5, 0.6) is 5.75 Å². The van der Waals surface area contributed by atoms with Crippen molar-refractivity contribution in [2.24, 2.45) is 7.05 Å². The third kappa shape index (κ3) is 3.04. The summed E-state index contributed by atoms with van der Waals surface area (Å²) in [7, 11) is 3.45. The first-order chi connectivity index (χ1) is 14.6. The molecule has 30 heavy (non-hydrogen) atoms. The highest BCUT2D eigenvalue weighted by Crippen LogP contribution is 2.35. The SMILES string of the molecule is COc1ccc(C2c3nc[nH]c3CCN2C(=O)c2cc(-c3cnn(C)c3)no2)cc1. The Hall–Kier alpha value is -3.88. The fraction of sp³-hybridized carbons (Fsp3) is 0.238. The van der Waals surface area contributed by atoms with E-state index in [9.17, 15) is 4.79 Å². The van der Waals surface area contributed by atoms with E-state index in [1.54, 1.807) is 35.3 Å². The molecule has 0 bridgehead atoms. The van der Waals surface area contributed by atoms with Crippen LogP contribution in [0.3, 0.4) is 0 Å². The van der Waals surface area contributed by atoms with E-state index < -0.39 is 0 Å². The number of ether oxygens (including phenoxy) is 1. The van der Waals surface area contributed by atoms with Crippen molar-refractivity contribution in [3.05, 3.63) is 71.8 Å². The Morgan fingerprint density at radius 3 is 2.87 bits per heavy atom. The Labute approximate surface area is 172 Å². The van der Waals surface area contributed by atoms with Crippen LogP contribution in [-0.4, -0.2) is 49.4 Å². The fourth-order valence-electron chi connectivity index (χ4n) is 3.83. The number of hydrogen-bond acceptors (Lipinski definition) is 6. The quantitative estimate of drug-likeness (QED) is 0.561. The van der Waals surface area contributed by atoms with E-state index >= 15 is 0 Å². The van der Waals surface area contributed by atoms with Crippen LogP contribution >= 0.6 is 0 Å². The van der Waals surface area contributed by atoms with Gasteiger partial charge in [-0.1, -0.05) is 17.3 Å². The molecule has 1 aromatic carbocycles. The topological polar surface area (TPSA) is 102 Å². The summed E-state index contributed by atoms with van der Waals surface area (Å²) in [6, 6.07) is 9.00. The van der Waals surface area contributed by atoms with Gasteiger partial charge >= 0.3 is 0 Å². The molecule has 0 fully saturated rings. The molecule has 5 rings (SSSR count). The molecule has 4 heterocycles. The maximum absolute atomic E-state index is 13.4. The average molecular weight is 404 g/mol. The lowest BCUT2D eigenvalue weighted by molar-refractivity contribution is 0.0648. The van der Waals surface area contributed by atoms with E-state index in [1.165, 1.54) is 0 Å². The molecule has 0 spiro atoms. The van der Waals surface area contributed by atoms with Crippen molar-refractivity contribution >= 4 is 5.91 Å². The highest BCUT2D eigenvalue weighted by molar-refractivity contribution is 5.93. The minimum absolute atomic E-state index is 0.186. The summed E-state index contributed by atoms with van der Waals surface area (Å²) in [6.07, 6.45) is 5.87. The molecule has 9 nitrogen and oxygen atoms in total. The second-order valence-corrected chi connectivity index (χ2v) is 7.17. The minimum Gasteiger partial charge on any atom is -0.497 e. The molecular formula is C21H20N6O3. The molecular weight excluding hydrogens is 384 g/mol. The molecule has 1 atom stereocenters. The number of aryl methyl sites for hydroxylation is 1. The summed E-state index contributed by atoms with van der Waals surface area (Å²) >= 11 is 0. The van der Waals surface area contributed by atoms with Crippen molar-refractivity contribution in [2.45, 2.75) is 12.5 Å². The largest absolute Gasteiger partial charge is 0.497 e. The standard InChI is InChI=1S/C21H20N6O3/c1-26-11-14(10-24-26)17-9-18(30-25-17)21(28)27-8-7-16-19(23-12-22-16)20(27)13-3-5-15(29-2)6-4-13/h3-6,9-12,20H,7-8H2,1-2H3,(H,22,23). The molecule has 9 heteroatoms. The first-order valence-electron chi connectivity index (χ1n) is 9.57. The van der Waals surface area contributed by atoms with E-state index in [1.807, 2.05) is 37.5 Å². The number of fused-ring (bicyclic) bond motifs is 1. The molecule has 0 radical (unpaired) electrons. The number of H-pyrrole nitrogens is 1. The molecule has 1 aliphatic rings. The zero-order valence-electron chi connectivity index (χ0n) is 16.6. The number of amides is 1. The van der Waals surface area contributed by atoms with Crippen LogP contribution in [0, 0.1) is 0 Å². The molecule has 1 aliphatic heterocycles. The molecule has 1 amide bonds. The summed E-state index contributed by atoms with van der Waals surface area (Å²) in [4.78, 5) is 22.9. The minimum atomic E-state index is -0.328. The smallest absolute Gasteiger partial charge is 0.293 e. The second-order valence-electron chi connectivity index (χ2n) is 7.17. The third-order valence-corrected chi connectivity index (χ3v) is 5.34. The van der Waals surface area contributed by atoms with Crippen molar-refractivity contribution in [1.29, 1.82) is 0 Å². The van der Waals surface area contributed by atoms with Crippen LogP contribution < -0.4 is 4.74 Å². The van der Waals surface area contributed by atoms with Gasteiger partial charge < -0.3 is 19.1 Å². The van der Waals surface area contributed by atoms with Crippen molar-refractivity contribution in [3.8, 4) is 17.0 Å². The van der Waals surface area contributed by atoms with E-state index in [4.69, 9.17) is 9.26 Å². The first-order valence-corrected chi connectivity index (χ1v) is 9.57. The lowest BCUT2D eigenvalue weighted by Gasteiger charge is -2.34. The van der Waals surface area contributed by atoms with E-state index in [2.05, 4.69) is 20.2 Å². The van der Waals surface area contributed by atoms with Gasteiger partial charge in [-0.05, 0) is 17.7 Å². The van der Waals surface area contributed by atoms with Gasteiger partial charge in [0, 0.05) is 43.5 Å². The maximum Gasteiger partial charge on any atom is 0.293 e. The zero-order valence-corrected chi connectivity index (χ0v) is 16.6. The van der Waals surface area contributed by atoms with Gasteiger partial charge in [0.05, 0.1) is 25.3 Å². The Kier molecular flexibility index (Phi) is 4.35. The number of benzene rings is 1. The number of nitrogens with one attached hydrogen (secondary N) is 1.